The van der Waals surface area contributed by atoms with Gasteiger partial charge in [0.15, 0.2) is 9.34 Å². The quantitative estimate of drug-likeness (QED) is 0.603. The number of carbonyl (C=O) groups excluding carboxylic acids is 1. The van der Waals surface area contributed by atoms with Crippen LogP contribution in [0.15, 0.2) is 4.21 Å². The second-order valence-electron chi connectivity index (χ2n) is 9.09. The van der Waals surface area contributed by atoms with Crippen molar-refractivity contribution in [2.75, 3.05) is 18.9 Å². The zero-order valence-electron chi connectivity index (χ0n) is 19.0. The number of rotatable bonds is 7. The van der Waals surface area contributed by atoms with Crippen LogP contribution >= 0.6 is 11.3 Å². The van der Waals surface area contributed by atoms with E-state index in [-0.39, 0.29) is 33.1 Å². The summed E-state index contributed by atoms with van der Waals surface area (Å²) in [4.78, 5) is 30.6. The Morgan fingerprint density at radius 3 is 2.28 bits per heavy atom. The van der Waals surface area contributed by atoms with Gasteiger partial charge in [0.25, 0.3) is 10.0 Å². The molecular formula is C21H34N4O5S2. The Morgan fingerprint density at radius 2 is 1.69 bits per heavy atom. The molecule has 0 aromatic carbocycles. The maximum atomic E-state index is 13.4. The number of aryl methyl sites for hydroxylation is 1. The van der Waals surface area contributed by atoms with Crippen LogP contribution in [0.3, 0.4) is 0 Å². The Balaban J connectivity index is 1.79. The van der Waals surface area contributed by atoms with E-state index >= 15 is 0 Å². The van der Waals surface area contributed by atoms with Crippen LogP contribution in [-0.2, 0) is 14.8 Å². The molecule has 2 fully saturated rings. The molecule has 2 amide bonds. The normalized spacial score (nSPS) is 22.6. The van der Waals surface area contributed by atoms with E-state index in [2.05, 4.69) is 17.2 Å². The number of aromatic nitrogens is 1. The van der Waals surface area contributed by atoms with Gasteiger partial charge in [0.1, 0.15) is 6.54 Å². The molecule has 0 aliphatic heterocycles. The molecule has 3 rings (SSSR count). The van der Waals surface area contributed by atoms with E-state index < -0.39 is 22.5 Å². The number of carboxylic acids is 1. The summed E-state index contributed by atoms with van der Waals surface area (Å²) in [5, 5.41) is 12.0. The standard InChI is InChI=1S/C21H34N4O5S2/c1-14-9-11-17(12-10-14)25(16-7-5-4-6-8-16)21(28)23-20-22-15(2)19(31-20)32(29,30)24(3)13-18(26)27/h14,16-17H,4-13H2,1-3H3,(H,26,27)(H,22,23,28). The average Bonchev–Trinajstić information content (AvgIpc) is 3.10. The first kappa shape index (κ1) is 24.9. The first-order chi connectivity index (χ1) is 15.1. The van der Waals surface area contributed by atoms with Crippen molar-refractivity contribution in [2.45, 2.75) is 87.9 Å². The number of anilines is 1. The Bertz CT molecular complexity index is 919. The van der Waals surface area contributed by atoms with Gasteiger partial charge in [-0.3, -0.25) is 10.1 Å². The summed E-state index contributed by atoms with van der Waals surface area (Å²) in [6, 6.07) is 0.182. The number of hydrogen-bond acceptors (Lipinski definition) is 6. The smallest absolute Gasteiger partial charge is 0.324 e. The second-order valence-corrected chi connectivity index (χ2v) is 12.3. The van der Waals surface area contributed by atoms with E-state index in [0.29, 0.717) is 5.92 Å². The molecule has 9 nitrogen and oxygen atoms in total. The van der Waals surface area contributed by atoms with Gasteiger partial charge in [-0.15, -0.1) is 0 Å². The summed E-state index contributed by atoms with van der Waals surface area (Å²) in [5.41, 5.74) is 0.248. The first-order valence-corrected chi connectivity index (χ1v) is 13.6. The number of nitrogens with zero attached hydrogens (tertiary/aromatic N) is 3. The molecule has 1 aromatic rings. The number of thiazole rings is 1. The minimum absolute atomic E-state index is 0.0488. The number of likely N-dealkylation sites (N-methyl/N-ethyl adjacent to an activating group) is 1. The van der Waals surface area contributed by atoms with Gasteiger partial charge in [-0.05, 0) is 51.4 Å². The maximum absolute atomic E-state index is 13.4. The molecule has 0 unspecified atom stereocenters. The third-order valence-corrected chi connectivity index (χ3v) is 10.0. The van der Waals surface area contributed by atoms with Crippen LogP contribution < -0.4 is 5.32 Å². The average molecular weight is 487 g/mol. The highest BCUT2D eigenvalue weighted by Gasteiger charge is 2.35. The fraction of sp³-hybridized carbons (Fsp3) is 0.762. The minimum Gasteiger partial charge on any atom is -0.480 e. The molecule has 2 aliphatic rings. The summed E-state index contributed by atoms with van der Waals surface area (Å²) >= 11 is 0.869. The predicted octanol–water partition coefficient (Wildman–Crippen LogP) is 3.90. The summed E-state index contributed by atoms with van der Waals surface area (Å²) < 4.78 is 26.2. The summed E-state index contributed by atoms with van der Waals surface area (Å²) in [6.45, 7) is 3.16. The van der Waals surface area contributed by atoms with Gasteiger partial charge >= 0.3 is 12.0 Å². The molecule has 0 spiro atoms. The Kier molecular flexibility index (Phi) is 8.16. The number of aliphatic carboxylic acids is 1. The molecule has 1 heterocycles. The lowest BCUT2D eigenvalue weighted by atomic mass is 9.84. The molecule has 32 heavy (non-hydrogen) atoms. The summed E-state index contributed by atoms with van der Waals surface area (Å²) in [5.74, 6) is -0.559. The molecule has 180 valence electrons. The third-order valence-electron chi connectivity index (χ3n) is 6.55. The van der Waals surface area contributed by atoms with E-state index in [4.69, 9.17) is 5.11 Å². The topological polar surface area (TPSA) is 120 Å². The van der Waals surface area contributed by atoms with E-state index in [1.807, 2.05) is 4.90 Å². The van der Waals surface area contributed by atoms with Crippen molar-refractivity contribution in [3.63, 3.8) is 0 Å². The number of nitrogens with one attached hydrogen (secondary N) is 1. The number of urea groups is 1. The number of hydrogen-bond donors (Lipinski definition) is 2. The van der Waals surface area contributed by atoms with Crippen molar-refractivity contribution in [3.05, 3.63) is 5.69 Å². The highest BCUT2D eigenvalue weighted by Crippen LogP contribution is 2.34. The number of sulfonamides is 1. The first-order valence-electron chi connectivity index (χ1n) is 11.3. The highest BCUT2D eigenvalue weighted by atomic mass is 32.2. The van der Waals surface area contributed by atoms with Gasteiger partial charge in [0.2, 0.25) is 0 Å². The van der Waals surface area contributed by atoms with Crippen LogP contribution in [0.4, 0.5) is 9.93 Å². The molecule has 2 N–H and O–H groups in total. The fourth-order valence-corrected chi connectivity index (χ4v) is 7.47. The van der Waals surface area contributed by atoms with Gasteiger partial charge in [0.05, 0.1) is 5.69 Å². The van der Waals surface area contributed by atoms with Crippen LogP contribution in [0.2, 0.25) is 0 Å². The monoisotopic (exact) mass is 486 g/mol. The lowest BCUT2D eigenvalue weighted by Crippen LogP contribution is -2.51. The Morgan fingerprint density at radius 1 is 1.09 bits per heavy atom. The lowest BCUT2D eigenvalue weighted by Gasteiger charge is -2.42. The Hall–Kier alpha value is -1.72. The van der Waals surface area contributed by atoms with Crippen LogP contribution in [0.25, 0.3) is 0 Å². The molecule has 2 aliphatic carbocycles. The zero-order valence-corrected chi connectivity index (χ0v) is 20.7. The van der Waals surface area contributed by atoms with Crippen molar-refractivity contribution in [3.8, 4) is 0 Å². The van der Waals surface area contributed by atoms with E-state index in [1.165, 1.54) is 13.5 Å². The van der Waals surface area contributed by atoms with Gasteiger partial charge in [-0.1, -0.05) is 37.5 Å². The summed E-state index contributed by atoms with van der Waals surface area (Å²) in [7, 11) is -2.79. The fourth-order valence-electron chi connectivity index (χ4n) is 4.76. The number of carbonyl (C=O) groups is 2. The summed E-state index contributed by atoms with van der Waals surface area (Å²) in [6.07, 6.45) is 9.61. The lowest BCUT2D eigenvalue weighted by molar-refractivity contribution is -0.137. The van der Waals surface area contributed by atoms with Gasteiger partial charge in [-0.2, -0.15) is 4.31 Å². The zero-order chi connectivity index (χ0) is 23.5. The van der Waals surface area contributed by atoms with E-state index in [0.717, 1.165) is 67.0 Å². The van der Waals surface area contributed by atoms with Gasteiger partial charge < -0.3 is 10.0 Å². The molecule has 0 saturated heterocycles. The van der Waals surface area contributed by atoms with Gasteiger partial charge in [-0.25, -0.2) is 18.2 Å². The van der Waals surface area contributed by atoms with Crippen molar-refractivity contribution < 1.29 is 23.1 Å². The van der Waals surface area contributed by atoms with Crippen molar-refractivity contribution in [1.82, 2.24) is 14.2 Å². The molecule has 0 atom stereocenters. The predicted molar refractivity (Wildman–Crippen MR) is 123 cm³/mol. The van der Waals surface area contributed by atoms with Crippen molar-refractivity contribution in [2.24, 2.45) is 5.92 Å². The second kappa shape index (κ2) is 10.5. The Labute approximate surface area is 194 Å². The van der Waals surface area contributed by atoms with Crippen LogP contribution in [0, 0.1) is 12.8 Å². The van der Waals surface area contributed by atoms with Crippen molar-refractivity contribution in [1.29, 1.82) is 0 Å². The minimum atomic E-state index is -4.00. The molecular weight excluding hydrogens is 452 g/mol. The number of carboxylic acid groups (broad SMARTS) is 1. The molecule has 11 heteroatoms. The molecule has 2 saturated carbocycles. The molecule has 0 radical (unpaired) electrons. The highest BCUT2D eigenvalue weighted by molar-refractivity contribution is 7.91. The van der Waals surface area contributed by atoms with E-state index in [9.17, 15) is 18.0 Å². The van der Waals surface area contributed by atoms with Crippen LogP contribution in [-0.4, -0.2) is 65.4 Å². The van der Waals surface area contributed by atoms with E-state index in [1.54, 1.807) is 6.92 Å². The van der Waals surface area contributed by atoms with Crippen LogP contribution in [0.1, 0.15) is 70.4 Å². The maximum Gasteiger partial charge on any atom is 0.324 e. The largest absolute Gasteiger partial charge is 0.480 e. The molecule has 1 aromatic heterocycles. The third kappa shape index (κ3) is 5.79. The number of amides is 2. The SMILES string of the molecule is Cc1nc(NC(=O)N(C2CCCCC2)C2CCC(C)CC2)sc1S(=O)(=O)N(C)CC(=O)O. The van der Waals surface area contributed by atoms with Crippen LogP contribution in [0.5, 0.6) is 0 Å². The van der Waals surface area contributed by atoms with Gasteiger partial charge in [0, 0.05) is 19.1 Å². The van der Waals surface area contributed by atoms with Crippen molar-refractivity contribution >= 4 is 38.5 Å². The molecule has 0 bridgehead atoms.